The van der Waals surface area contributed by atoms with Gasteiger partial charge in [0.25, 0.3) is 0 Å². The average molecular weight is 660 g/mol. The van der Waals surface area contributed by atoms with E-state index in [4.69, 9.17) is 33.7 Å². The summed E-state index contributed by atoms with van der Waals surface area (Å²) in [5.41, 5.74) is 6.94. The van der Waals surface area contributed by atoms with Crippen LogP contribution in [0.3, 0.4) is 0 Å². The average Bonchev–Trinajstić information content (AvgIpc) is 3.49. The first kappa shape index (κ1) is 30.1. The van der Waals surface area contributed by atoms with Crippen molar-refractivity contribution in [3.63, 3.8) is 0 Å². The van der Waals surface area contributed by atoms with Gasteiger partial charge in [0, 0.05) is 47.4 Å². The van der Waals surface area contributed by atoms with E-state index in [1.54, 1.807) is 18.2 Å². The van der Waals surface area contributed by atoms with Crippen molar-refractivity contribution in [3.8, 4) is 22.5 Å². The second kappa shape index (κ2) is 12.3. The van der Waals surface area contributed by atoms with Gasteiger partial charge in [-0.1, -0.05) is 78.4 Å². The molecule has 2 aliphatic rings. The van der Waals surface area contributed by atoms with Gasteiger partial charge in [0.05, 0.1) is 18.1 Å². The second-order valence-electron chi connectivity index (χ2n) is 11.5. The molecule has 3 aromatic carbocycles. The third-order valence-corrected chi connectivity index (χ3v) is 11.1. The van der Waals surface area contributed by atoms with E-state index in [-0.39, 0.29) is 10.9 Å². The summed E-state index contributed by atoms with van der Waals surface area (Å²) in [4.78, 5) is 0.852. The number of halogens is 1. The molecule has 232 valence electrons. The molecule has 1 N–H and O–H groups in total. The quantitative estimate of drug-likeness (QED) is 0.201. The molecule has 2 aliphatic heterocycles. The lowest BCUT2D eigenvalue weighted by Gasteiger charge is -2.26. The van der Waals surface area contributed by atoms with E-state index >= 15 is 0 Å². The van der Waals surface area contributed by atoms with E-state index in [1.165, 1.54) is 9.87 Å². The van der Waals surface area contributed by atoms with Gasteiger partial charge in [-0.3, -0.25) is 0 Å². The lowest BCUT2D eigenvalue weighted by atomic mass is 9.98. The number of hydrogen-bond donors (Lipinski definition) is 1. The molecule has 1 fully saturated rings. The van der Waals surface area contributed by atoms with Crippen molar-refractivity contribution in [3.05, 3.63) is 101 Å². The Labute approximate surface area is 273 Å². The molecule has 11 heteroatoms. The highest BCUT2D eigenvalue weighted by molar-refractivity contribution is 7.89. The lowest BCUT2D eigenvalue weighted by Crippen LogP contribution is -2.40. The standard InChI is InChI=1S/C34H34ClN5O3S2/c1-23(24-8-3-2-4-9-24)36-33(44)31-30(25-13-15-27(35)16-14-25)29-12-5-6-17-39-32(37-40(31)34(29)39)26-10-7-11-28(22-26)45(41,42)38-18-20-43-21-19-38/h2-4,7-11,13-16,22-23H,5-6,12,17-21H2,1H3,(H,36,44). The topological polar surface area (TPSA) is 80.9 Å². The Kier molecular flexibility index (Phi) is 8.26. The smallest absolute Gasteiger partial charge is 0.243 e. The van der Waals surface area contributed by atoms with E-state index in [9.17, 15) is 8.42 Å². The van der Waals surface area contributed by atoms with Gasteiger partial charge < -0.3 is 14.6 Å². The van der Waals surface area contributed by atoms with Crippen LogP contribution < -0.4 is 5.32 Å². The zero-order chi connectivity index (χ0) is 31.1. The highest BCUT2D eigenvalue weighted by Crippen LogP contribution is 2.39. The van der Waals surface area contributed by atoms with Crippen LogP contribution in [-0.2, 0) is 27.7 Å². The molecule has 0 aliphatic carbocycles. The SMILES string of the molecule is CC(NC(=S)c1c(-c2ccc(Cl)cc2)c2c3n(c(-c4cccc(S(=O)(=O)N5CCOCC5)c4)nn13)CCCC2)c1ccccc1. The van der Waals surface area contributed by atoms with Crippen LogP contribution >= 0.6 is 23.8 Å². The number of rotatable bonds is 7. The Morgan fingerprint density at radius 1 is 0.956 bits per heavy atom. The van der Waals surface area contributed by atoms with Crippen molar-refractivity contribution < 1.29 is 13.2 Å². The fourth-order valence-corrected chi connectivity index (χ4v) is 8.36. The first-order valence-electron chi connectivity index (χ1n) is 15.3. The number of sulfonamides is 1. The third kappa shape index (κ3) is 5.59. The number of nitrogens with zero attached hydrogens (tertiary/aromatic N) is 4. The summed E-state index contributed by atoms with van der Waals surface area (Å²) in [7, 11) is -3.67. The van der Waals surface area contributed by atoms with E-state index < -0.39 is 10.0 Å². The van der Waals surface area contributed by atoms with Gasteiger partial charge in [-0.25, -0.2) is 12.9 Å². The predicted molar refractivity (Wildman–Crippen MR) is 181 cm³/mol. The highest BCUT2D eigenvalue weighted by atomic mass is 35.5. The molecule has 4 heterocycles. The molecule has 7 rings (SSSR count). The van der Waals surface area contributed by atoms with Crippen molar-refractivity contribution >= 4 is 44.5 Å². The number of morpholine rings is 1. The van der Waals surface area contributed by atoms with Crippen LogP contribution in [-0.4, -0.2) is 58.2 Å². The van der Waals surface area contributed by atoms with Crippen LogP contribution in [0.25, 0.3) is 28.2 Å². The lowest BCUT2D eigenvalue weighted by molar-refractivity contribution is 0.0730. The molecule has 1 unspecified atom stereocenters. The van der Waals surface area contributed by atoms with Gasteiger partial charge in [-0.15, -0.1) is 5.10 Å². The van der Waals surface area contributed by atoms with Crippen LogP contribution in [0.1, 0.15) is 42.6 Å². The van der Waals surface area contributed by atoms with Crippen molar-refractivity contribution in [2.75, 3.05) is 26.3 Å². The molecular weight excluding hydrogens is 626 g/mol. The molecular formula is C34H34ClN5O3S2. The van der Waals surface area contributed by atoms with E-state index in [1.807, 2.05) is 53.0 Å². The van der Waals surface area contributed by atoms with Gasteiger partial charge in [0.2, 0.25) is 10.0 Å². The van der Waals surface area contributed by atoms with E-state index in [0.717, 1.165) is 65.2 Å². The summed E-state index contributed by atoms with van der Waals surface area (Å²) in [5.74, 6) is 0.718. The number of ether oxygens (including phenoxy) is 1. The fraction of sp³-hybridized carbons (Fsp3) is 0.294. The van der Waals surface area contributed by atoms with E-state index in [0.29, 0.717) is 36.3 Å². The summed E-state index contributed by atoms with van der Waals surface area (Å²) in [6.07, 6.45) is 2.85. The van der Waals surface area contributed by atoms with E-state index in [2.05, 4.69) is 28.9 Å². The van der Waals surface area contributed by atoms with Gasteiger partial charge in [0.1, 0.15) is 16.3 Å². The van der Waals surface area contributed by atoms with Gasteiger partial charge >= 0.3 is 0 Å². The molecule has 2 aromatic heterocycles. The zero-order valence-electron chi connectivity index (χ0n) is 24.9. The first-order valence-corrected chi connectivity index (χ1v) is 17.5. The molecule has 5 aromatic rings. The number of nitrogens with one attached hydrogen (secondary N) is 1. The molecule has 0 saturated carbocycles. The molecule has 45 heavy (non-hydrogen) atoms. The summed E-state index contributed by atoms with van der Waals surface area (Å²) in [5, 5.41) is 9.44. The Morgan fingerprint density at radius 3 is 2.47 bits per heavy atom. The first-order chi connectivity index (χ1) is 21.8. The Balaban J connectivity index is 1.39. The predicted octanol–water partition coefficient (Wildman–Crippen LogP) is 6.51. The van der Waals surface area contributed by atoms with Crippen LogP contribution in [0, 0.1) is 0 Å². The van der Waals surface area contributed by atoms with Gasteiger partial charge in [-0.2, -0.15) is 4.31 Å². The van der Waals surface area contributed by atoms with Crippen molar-refractivity contribution in [2.45, 2.75) is 43.7 Å². The van der Waals surface area contributed by atoms with Crippen molar-refractivity contribution in [2.24, 2.45) is 0 Å². The number of aromatic nitrogens is 3. The van der Waals surface area contributed by atoms with Gasteiger partial charge in [-0.05, 0) is 61.6 Å². The zero-order valence-corrected chi connectivity index (χ0v) is 27.3. The van der Waals surface area contributed by atoms with Gasteiger partial charge in [0.15, 0.2) is 5.82 Å². The Morgan fingerprint density at radius 2 is 1.71 bits per heavy atom. The van der Waals surface area contributed by atoms with Crippen LogP contribution in [0.2, 0.25) is 5.02 Å². The van der Waals surface area contributed by atoms with Crippen molar-refractivity contribution in [1.82, 2.24) is 23.8 Å². The summed E-state index contributed by atoms with van der Waals surface area (Å²) < 4.78 is 38.2. The minimum atomic E-state index is -3.67. The molecule has 1 atom stereocenters. The maximum Gasteiger partial charge on any atom is 0.243 e. The monoisotopic (exact) mass is 659 g/mol. The number of aryl methyl sites for hydroxylation is 2. The van der Waals surface area contributed by atoms with Crippen LogP contribution in [0.15, 0.2) is 83.8 Å². The van der Waals surface area contributed by atoms with Crippen LogP contribution in [0.5, 0.6) is 0 Å². The maximum atomic E-state index is 13.6. The molecule has 0 radical (unpaired) electrons. The number of hydrogen-bond acceptors (Lipinski definition) is 5. The molecule has 0 bridgehead atoms. The molecule has 8 nitrogen and oxygen atoms in total. The minimum absolute atomic E-state index is 0.0256. The summed E-state index contributed by atoms with van der Waals surface area (Å²) >= 11 is 12.5. The molecule has 0 amide bonds. The summed E-state index contributed by atoms with van der Waals surface area (Å²) in [6.45, 7) is 4.34. The minimum Gasteiger partial charge on any atom is -0.379 e. The Hall–Kier alpha value is -3.54. The largest absolute Gasteiger partial charge is 0.379 e. The normalized spacial score (nSPS) is 16.4. The highest BCUT2D eigenvalue weighted by Gasteiger charge is 2.31. The maximum absolute atomic E-state index is 13.6. The third-order valence-electron chi connectivity index (χ3n) is 8.68. The summed E-state index contributed by atoms with van der Waals surface area (Å²) in [6, 6.07) is 25.2. The van der Waals surface area contributed by atoms with Crippen LogP contribution in [0.4, 0.5) is 0 Å². The van der Waals surface area contributed by atoms with Crippen molar-refractivity contribution in [1.29, 1.82) is 0 Å². The molecule has 1 saturated heterocycles. The Bertz CT molecular complexity index is 1980. The second-order valence-corrected chi connectivity index (χ2v) is 14.3. The fourth-order valence-electron chi connectivity index (χ4n) is 6.41. The number of thiocarbonyl (C=S) groups is 1. The molecule has 0 spiro atoms. The number of benzene rings is 3.